The van der Waals surface area contributed by atoms with Crippen LogP contribution >= 0.6 is 0 Å². The quantitative estimate of drug-likeness (QED) is 0.774. The fraction of sp³-hybridized carbons (Fsp3) is 0.615. The van der Waals surface area contributed by atoms with E-state index in [-0.39, 0.29) is 5.78 Å². The molecule has 2 heterocycles. The van der Waals surface area contributed by atoms with Crippen molar-refractivity contribution in [1.82, 2.24) is 9.97 Å². The van der Waals surface area contributed by atoms with Crippen molar-refractivity contribution in [2.75, 3.05) is 43.6 Å². The number of ether oxygens (including phenoxy) is 1. The van der Waals surface area contributed by atoms with Crippen LogP contribution in [0.4, 0.5) is 11.6 Å². The van der Waals surface area contributed by atoms with E-state index in [9.17, 15) is 4.79 Å². The van der Waals surface area contributed by atoms with Gasteiger partial charge in [0, 0.05) is 39.3 Å². The van der Waals surface area contributed by atoms with Crippen molar-refractivity contribution in [1.29, 1.82) is 0 Å². The molecule has 0 radical (unpaired) electrons. The maximum atomic E-state index is 11.3. The first kappa shape index (κ1) is 13.7. The molecule has 0 aromatic carbocycles. The van der Waals surface area contributed by atoms with Crippen LogP contribution in [0.25, 0.3) is 0 Å². The highest BCUT2D eigenvalue weighted by Crippen LogP contribution is 2.19. The van der Waals surface area contributed by atoms with Gasteiger partial charge in [-0.15, -0.1) is 0 Å². The summed E-state index contributed by atoms with van der Waals surface area (Å²) in [4.78, 5) is 22.1. The van der Waals surface area contributed by atoms with E-state index in [1.807, 2.05) is 17.9 Å². The number of nitrogens with one attached hydrogen (secondary N) is 1. The molecule has 6 heteroatoms. The van der Waals surface area contributed by atoms with Crippen LogP contribution in [-0.4, -0.2) is 49.1 Å². The molecule has 1 aliphatic rings. The number of hydrogen-bond acceptors (Lipinski definition) is 6. The van der Waals surface area contributed by atoms with Gasteiger partial charge < -0.3 is 15.0 Å². The molecule has 0 saturated carbocycles. The molecule has 1 fully saturated rings. The van der Waals surface area contributed by atoms with Gasteiger partial charge in [0.2, 0.25) is 0 Å². The second kappa shape index (κ2) is 6.47. The maximum Gasteiger partial charge on any atom is 0.153 e. The number of Topliss-reactive ketones (excluding diaryl/α,β-unsaturated/α-hetero) is 1. The minimum Gasteiger partial charge on any atom is -0.385 e. The summed E-state index contributed by atoms with van der Waals surface area (Å²) < 4.78 is 5.00. The Bertz CT molecular complexity index is 450. The molecule has 1 aliphatic heterocycles. The SMILES string of the molecule is COCCCNc1cc(N2CCC(=O)C2)nc(C)n1. The molecule has 1 N–H and O–H groups in total. The second-order valence-corrected chi connectivity index (χ2v) is 4.64. The number of rotatable bonds is 6. The smallest absolute Gasteiger partial charge is 0.153 e. The maximum absolute atomic E-state index is 11.3. The van der Waals surface area contributed by atoms with Crippen LogP contribution in [0.2, 0.25) is 0 Å². The molecular weight excluding hydrogens is 244 g/mol. The number of aromatic nitrogens is 2. The van der Waals surface area contributed by atoms with Gasteiger partial charge in [-0.25, -0.2) is 9.97 Å². The summed E-state index contributed by atoms with van der Waals surface area (Å²) >= 11 is 0. The lowest BCUT2D eigenvalue weighted by molar-refractivity contribution is -0.116. The van der Waals surface area contributed by atoms with E-state index in [0.717, 1.165) is 37.8 Å². The lowest BCUT2D eigenvalue weighted by atomic mass is 10.4. The lowest BCUT2D eigenvalue weighted by Crippen LogP contribution is -2.21. The van der Waals surface area contributed by atoms with Crippen molar-refractivity contribution < 1.29 is 9.53 Å². The van der Waals surface area contributed by atoms with Crippen molar-refractivity contribution in [3.8, 4) is 0 Å². The van der Waals surface area contributed by atoms with Gasteiger partial charge in [0.05, 0.1) is 6.54 Å². The number of ketones is 1. The first-order chi connectivity index (χ1) is 9.19. The van der Waals surface area contributed by atoms with E-state index >= 15 is 0 Å². The Hall–Kier alpha value is -1.69. The lowest BCUT2D eigenvalue weighted by Gasteiger charge is -2.17. The van der Waals surface area contributed by atoms with Crippen LogP contribution in [0.15, 0.2) is 6.07 Å². The molecule has 0 atom stereocenters. The van der Waals surface area contributed by atoms with Crippen LogP contribution < -0.4 is 10.2 Å². The highest BCUT2D eigenvalue weighted by molar-refractivity contribution is 5.86. The number of carbonyl (C=O) groups is 1. The Morgan fingerprint density at radius 2 is 2.32 bits per heavy atom. The van der Waals surface area contributed by atoms with Gasteiger partial charge in [0.15, 0.2) is 5.78 Å². The summed E-state index contributed by atoms with van der Waals surface area (Å²) in [7, 11) is 1.69. The summed E-state index contributed by atoms with van der Waals surface area (Å²) in [6, 6.07) is 1.90. The van der Waals surface area contributed by atoms with E-state index in [1.54, 1.807) is 7.11 Å². The number of carbonyl (C=O) groups excluding carboxylic acids is 1. The Kier molecular flexibility index (Phi) is 4.68. The van der Waals surface area contributed by atoms with Gasteiger partial charge in [-0.2, -0.15) is 0 Å². The third kappa shape index (κ3) is 3.89. The van der Waals surface area contributed by atoms with E-state index in [2.05, 4.69) is 15.3 Å². The van der Waals surface area contributed by atoms with E-state index in [4.69, 9.17) is 4.74 Å². The predicted molar refractivity (Wildman–Crippen MR) is 73.6 cm³/mol. The molecule has 1 aromatic heterocycles. The predicted octanol–water partition coefficient (Wildman–Crippen LogP) is 1.01. The molecule has 1 saturated heterocycles. The zero-order valence-corrected chi connectivity index (χ0v) is 11.5. The van der Waals surface area contributed by atoms with Gasteiger partial charge in [0.25, 0.3) is 0 Å². The molecule has 2 rings (SSSR count). The topological polar surface area (TPSA) is 67.3 Å². The van der Waals surface area contributed by atoms with Gasteiger partial charge in [-0.1, -0.05) is 0 Å². The normalized spacial score (nSPS) is 15.1. The standard InChI is InChI=1S/C13H20N4O2/c1-10-15-12(14-5-3-7-19-2)8-13(16-10)17-6-4-11(18)9-17/h8H,3-7,9H2,1-2H3,(H,14,15,16). The van der Waals surface area contributed by atoms with Crippen molar-refractivity contribution in [2.24, 2.45) is 0 Å². The Balaban J connectivity index is 2.00. The Labute approximate surface area is 113 Å². The van der Waals surface area contributed by atoms with Crippen LogP contribution in [0.3, 0.4) is 0 Å². The zero-order valence-electron chi connectivity index (χ0n) is 11.5. The van der Waals surface area contributed by atoms with E-state index in [1.165, 1.54) is 0 Å². The highest BCUT2D eigenvalue weighted by atomic mass is 16.5. The minimum absolute atomic E-state index is 0.269. The zero-order chi connectivity index (χ0) is 13.7. The molecule has 6 nitrogen and oxygen atoms in total. The molecular formula is C13H20N4O2. The van der Waals surface area contributed by atoms with Crippen LogP contribution in [0, 0.1) is 6.92 Å². The van der Waals surface area contributed by atoms with Crippen molar-refractivity contribution >= 4 is 17.4 Å². The van der Waals surface area contributed by atoms with Gasteiger partial charge in [-0.05, 0) is 13.3 Å². The van der Waals surface area contributed by atoms with Crippen molar-refractivity contribution in [3.05, 3.63) is 11.9 Å². The summed E-state index contributed by atoms with van der Waals surface area (Å²) in [6.45, 7) is 4.60. The Morgan fingerprint density at radius 1 is 1.47 bits per heavy atom. The fourth-order valence-corrected chi connectivity index (χ4v) is 2.06. The minimum atomic E-state index is 0.269. The average molecular weight is 264 g/mol. The number of aryl methyl sites for hydroxylation is 1. The largest absolute Gasteiger partial charge is 0.385 e. The van der Waals surface area contributed by atoms with Crippen LogP contribution in [-0.2, 0) is 9.53 Å². The molecule has 0 bridgehead atoms. The first-order valence-electron chi connectivity index (χ1n) is 6.54. The monoisotopic (exact) mass is 264 g/mol. The molecule has 0 aliphatic carbocycles. The van der Waals surface area contributed by atoms with Gasteiger partial charge in [-0.3, -0.25) is 4.79 Å². The summed E-state index contributed by atoms with van der Waals surface area (Å²) in [5.74, 6) is 2.61. The third-order valence-electron chi connectivity index (χ3n) is 3.01. The molecule has 1 aromatic rings. The summed E-state index contributed by atoms with van der Waals surface area (Å²) in [5.41, 5.74) is 0. The molecule has 0 spiro atoms. The van der Waals surface area contributed by atoms with Crippen molar-refractivity contribution in [2.45, 2.75) is 19.8 Å². The average Bonchev–Trinajstić information content (AvgIpc) is 2.81. The van der Waals surface area contributed by atoms with E-state index in [0.29, 0.717) is 18.8 Å². The summed E-state index contributed by atoms with van der Waals surface area (Å²) in [6.07, 6.45) is 1.54. The number of anilines is 2. The number of nitrogens with zero attached hydrogens (tertiary/aromatic N) is 3. The van der Waals surface area contributed by atoms with Gasteiger partial charge in [0.1, 0.15) is 17.5 Å². The van der Waals surface area contributed by atoms with Crippen LogP contribution in [0.1, 0.15) is 18.7 Å². The molecule has 19 heavy (non-hydrogen) atoms. The second-order valence-electron chi connectivity index (χ2n) is 4.64. The Morgan fingerprint density at radius 3 is 3.00 bits per heavy atom. The molecule has 104 valence electrons. The van der Waals surface area contributed by atoms with E-state index < -0.39 is 0 Å². The fourth-order valence-electron chi connectivity index (χ4n) is 2.06. The van der Waals surface area contributed by atoms with Crippen LogP contribution in [0.5, 0.6) is 0 Å². The van der Waals surface area contributed by atoms with Gasteiger partial charge >= 0.3 is 0 Å². The van der Waals surface area contributed by atoms with Crippen molar-refractivity contribution in [3.63, 3.8) is 0 Å². The molecule has 0 amide bonds. The third-order valence-corrected chi connectivity index (χ3v) is 3.01. The first-order valence-corrected chi connectivity index (χ1v) is 6.54. The summed E-state index contributed by atoms with van der Waals surface area (Å²) in [5, 5.41) is 3.25. The molecule has 0 unspecified atom stereocenters. The number of hydrogen-bond donors (Lipinski definition) is 1. The number of methoxy groups -OCH3 is 1. The highest BCUT2D eigenvalue weighted by Gasteiger charge is 2.21.